The number of aryl methyl sites for hydroxylation is 3. The van der Waals surface area contributed by atoms with Crippen LogP contribution in [-0.2, 0) is 0 Å². The Kier molecular flexibility index (Phi) is 5.92. The molecule has 45 heavy (non-hydrogen) atoms. The van der Waals surface area contributed by atoms with Gasteiger partial charge in [-0.25, -0.2) is 24.8 Å². The Bertz CT molecular complexity index is 2230. The molecular formula is C37H26N6O2. The summed E-state index contributed by atoms with van der Waals surface area (Å²) < 4.78 is 2.09. The first-order valence-electron chi connectivity index (χ1n) is 14.6. The van der Waals surface area contributed by atoms with Crippen molar-refractivity contribution in [3.63, 3.8) is 0 Å². The molecule has 0 aliphatic carbocycles. The van der Waals surface area contributed by atoms with Crippen molar-refractivity contribution in [2.24, 2.45) is 0 Å². The Morgan fingerprint density at radius 1 is 0.578 bits per heavy atom. The summed E-state index contributed by atoms with van der Waals surface area (Å²) in [5, 5.41) is 1.94. The van der Waals surface area contributed by atoms with Gasteiger partial charge in [-0.15, -0.1) is 0 Å². The lowest BCUT2D eigenvalue weighted by molar-refractivity contribution is 0.0925. The van der Waals surface area contributed by atoms with E-state index in [1.807, 2.05) is 69.3 Å². The fraction of sp³-hybridized carbons (Fsp3) is 0.0811. The van der Waals surface area contributed by atoms with Crippen LogP contribution in [0.5, 0.6) is 0 Å². The highest BCUT2D eigenvalue weighted by Crippen LogP contribution is 2.44. The second-order valence-corrected chi connectivity index (χ2v) is 11.4. The van der Waals surface area contributed by atoms with E-state index in [0.717, 1.165) is 60.8 Å². The Balaban J connectivity index is 1.46. The van der Waals surface area contributed by atoms with Crippen LogP contribution in [0.25, 0.3) is 49.7 Å². The summed E-state index contributed by atoms with van der Waals surface area (Å²) in [7, 11) is 0. The predicted molar refractivity (Wildman–Crippen MR) is 175 cm³/mol. The summed E-state index contributed by atoms with van der Waals surface area (Å²) in [5.41, 5.74) is 10.3. The molecule has 0 unspecified atom stereocenters. The van der Waals surface area contributed by atoms with Gasteiger partial charge < -0.3 is 4.57 Å². The zero-order chi connectivity index (χ0) is 30.8. The van der Waals surface area contributed by atoms with Gasteiger partial charge in [-0.1, -0.05) is 48.0 Å². The lowest BCUT2D eigenvalue weighted by Crippen LogP contribution is -2.31. The first-order valence-corrected chi connectivity index (χ1v) is 14.6. The summed E-state index contributed by atoms with van der Waals surface area (Å²) in [4.78, 5) is 46.9. The van der Waals surface area contributed by atoms with E-state index < -0.39 is 0 Å². The van der Waals surface area contributed by atoms with Gasteiger partial charge in [-0.2, -0.15) is 0 Å². The van der Waals surface area contributed by atoms with Crippen molar-refractivity contribution in [3.8, 4) is 27.9 Å². The SMILES string of the molecule is Cc1cc(C)c(N2C(=O)c3cccc(-n4c5cccc(-c6cncnc6)c5c5c(-c6cncnc6)cccc54)c3C2=O)c(C)c1. The van der Waals surface area contributed by atoms with E-state index in [-0.39, 0.29) is 11.8 Å². The number of hydrogen-bond donors (Lipinski definition) is 0. The number of rotatable bonds is 4. The maximum Gasteiger partial charge on any atom is 0.268 e. The zero-order valence-corrected chi connectivity index (χ0v) is 24.8. The number of benzene rings is 4. The Labute approximate surface area is 258 Å². The van der Waals surface area contributed by atoms with Crippen LogP contribution in [0.1, 0.15) is 37.4 Å². The molecule has 0 fully saturated rings. The van der Waals surface area contributed by atoms with E-state index in [1.54, 1.807) is 30.9 Å². The minimum Gasteiger partial charge on any atom is -0.308 e. The van der Waals surface area contributed by atoms with Gasteiger partial charge in [0.05, 0.1) is 33.5 Å². The van der Waals surface area contributed by atoms with Crippen molar-refractivity contribution in [2.75, 3.05) is 4.90 Å². The van der Waals surface area contributed by atoms with Crippen LogP contribution in [0, 0.1) is 20.8 Å². The lowest BCUT2D eigenvalue weighted by atomic mass is 9.97. The number of carbonyl (C=O) groups excluding carboxylic acids is 2. The molecule has 8 nitrogen and oxygen atoms in total. The number of anilines is 1. The fourth-order valence-corrected chi connectivity index (χ4v) is 6.91. The van der Waals surface area contributed by atoms with Crippen LogP contribution in [0.2, 0.25) is 0 Å². The molecule has 0 radical (unpaired) electrons. The first-order chi connectivity index (χ1) is 21.9. The minimum atomic E-state index is -0.337. The maximum atomic E-state index is 14.4. The van der Waals surface area contributed by atoms with Gasteiger partial charge >= 0.3 is 0 Å². The second-order valence-electron chi connectivity index (χ2n) is 11.4. The molecule has 8 rings (SSSR count). The van der Waals surface area contributed by atoms with Crippen LogP contribution in [0.15, 0.2) is 104 Å². The van der Waals surface area contributed by atoms with Crippen molar-refractivity contribution in [1.82, 2.24) is 24.5 Å². The molecule has 8 heteroatoms. The van der Waals surface area contributed by atoms with Crippen LogP contribution in [0.3, 0.4) is 0 Å². The molecule has 0 N–H and O–H groups in total. The quantitative estimate of drug-likeness (QED) is 0.199. The van der Waals surface area contributed by atoms with E-state index >= 15 is 0 Å². The molecule has 0 saturated heterocycles. The number of carbonyl (C=O) groups is 2. The Hall–Kier alpha value is -6.02. The molecule has 7 aromatic rings. The number of aromatic nitrogens is 5. The van der Waals surface area contributed by atoms with E-state index in [1.165, 1.54) is 17.6 Å². The molecule has 0 atom stereocenters. The average molecular weight is 587 g/mol. The van der Waals surface area contributed by atoms with Gasteiger partial charge in [0.1, 0.15) is 12.7 Å². The summed E-state index contributed by atoms with van der Waals surface area (Å²) in [6.07, 6.45) is 10.2. The summed E-state index contributed by atoms with van der Waals surface area (Å²) in [5.74, 6) is -0.659. The lowest BCUT2D eigenvalue weighted by Gasteiger charge is -2.20. The van der Waals surface area contributed by atoms with Crippen molar-refractivity contribution in [1.29, 1.82) is 0 Å². The molecule has 0 saturated carbocycles. The van der Waals surface area contributed by atoms with Crippen LogP contribution in [-0.4, -0.2) is 36.3 Å². The van der Waals surface area contributed by atoms with Gasteiger partial charge in [0, 0.05) is 46.7 Å². The molecule has 4 aromatic carbocycles. The third kappa shape index (κ3) is 3.92. The van der Waals surface area contributed by atoms with Gasteiger partial charge in [-0.05, 0) is 67.3 Å². The van der Waals surface area contributed by atoms with Crippen molar-refractivity contribution < 1.29 is 9.59 Å². The molecule has 216 valence electrons. The average Bonchev–Trinajstić information content (AvgIpc) is 3.53. The molecule has 3 aromatic heterocycles. The van der Waals surface area contributed by atoms with Gasteiger partial charge in [-0.3, -0.25) is 9.59 Å². The summed E-state index contributed by atoms with van der Waals surface area (Å²) in [6.45, 7) is 5.89. The number of fused-ring (bicyclic) bond motifs is 4. The monoisotopic (exact) mass is 586 g/mol. The highest BCUT2D eigenvalue weighted by molar-refractivity contribution is 6.36. The van der Waals surface area contributed by atoms with Gasteiger partial charge in [0.15, 0.2) is 0 Å². The number of hydrogen-bond acceptors (Lipinski definition) is 6. The maximum absolute atomic E-state index is 14.4. The topological polar surface area (TPSA) is 93.9 Å². The second kappa shape index (κ2) is 10.0. The Morgan fingerprint density at radius 2 is 1.07 bits per heavy atom. The number of nitrogens with zero attached hydrogens (tertiary/aromatic N) is 6. The smallest absolute Gasteiger partial charge is 0.268 e. The minimum absolute atomic E-state index is 0.322. The highest BCUT2D eigenvalue weighted by atomic mass is 16.2. The molecule has 1 aliphatic heterocycles. The van der Waals surface area contributed by atoms with Crippen LogP contribution < -0.4 is 4.90 Å². The molecule has 1 aliphatic rings. The molecule has 0 bridgehead atoms. The Morgan fingerprint density at radius 3 is 1.60 bits per heavy atom. The van der Waals surface area contributed by atoms with E-state index in [0.29, 0.717) is 22.5 Å². The number of imide groups is 1. The third-order valence-corrected chi connectivity index (χ3v) is 8.55. The molecule has 2 amide bonds. The summed E-state index contributed by atoms with van der Waals surface area (Å²) >= 11 is 0. The van der Waals surface area contributed by atoms with E-state index in [2.05, 4.69) is 36.6 Å². The summed E-state index contributed by atoms with van der Waals surface area (Å²) in [6, 6.07) is 21.7. The normalized spacial score (nSPS) is 12.8. The van der Waals surface area contributed by atoms with Crippen LogP contribution >= 0.6 is 0 Å². The highest BCUT2D eigenvalue weighted by Gasteiger charge is 2.40. The number of amides is 2. The van der Waals surface area contributed by atoms with Gasteiger partial charge in [0.25, 0.3) is 11.8 Å². The molecule has 0 spiro atoms. The van der Waals surface area contributed by atoms with Crippen molar-refractivity contribution >= 4 is 39.3 Å². The predicted octanol–water partition coefficient (Wildman–Crippen LogP) is 7.42. The molecule has 4 heterocycles. The third-order valence-electron chi connectivity index (χ3n) is 8.55. The van der Waals surface area contributed by atoms with Crippen LogP contribution in [0.4, 0.5) is 5.69 Å². The van der Waals surface area contributed by atoms with Crippen molar-refractivity contribution in [2.45, 2.75) is 20.8 Å². The van der Waals surface area contributed by atoms with E-state index in [9.17, 15) is 9.59 Å². The zero-order valence-electron chi connectivity index (χ0n) is 24.8. The van der Waals surface area contributed by atoms with Crippen molar-refractivity contribution in [3.05, 3.63) is 132 Å². The van der Waals surface area contributed by atoms with Gasteiger partial charge in [0.2, 0.25) is 0 Å². The molecular weight excluding hydrogens is 560 g/mol. The van der Waals surface area contributed by atoms with E-state index in [4.69, 9.17) is 0 Å². The largest absolute Gasteiger partial charge is 0.308 e. The first kappa shape index (κ1) is 26.6. The fourth-order valence-electron chi connectivity index (χ4n) is 6.91. The standard InChI is InChI=1S/C37H26N6O2/c1-21-13-22(2)35(23(3)14-21)43-36(44)28-9-6-12-31(34(28)37(43)45)42-29-10-4-7-26(24-15-38-19-39-16-24)32(29)33-27(8-5-11-30(33)42)25-17-40-20-41-18-25/h4-20H,1-3H3.